The number of hydrogen-bond acceptors (Lipinski definition) is 2. The molecule has 0 bridgehead atoms. The van der Waals surface area contributed by atoms with Crippen LogP contribution in [0.2, 0.25) is 5.02 Å². The van der Waals surface area contributed by atoms with E-state index < -0.39 is 0 Å². The zero-order valence-electron chi connectivity index (χ0n) is 12.7. The molecule has 1 N–H and O–H groups in total. The fourth-order valence-corrected chi connectivity index (χ4v) is 3.64. The van der Waals surface area contributed by atoms with Crippen LogP contribution in [0, 0.1) is 0 Å². The number of aryl methyl sites for hydroxylation is 1. The maximum Gasteiger partial charge on any atom is 0.255 e. The zero-order valence-corrected chi connectivity index (χ0v) is 13.4. The number of amides is 1. The fraction of sp³-hybridized carbons (Fsp3) is 0.562. The molecule has 0 aromatic heterocycles. The molecule has 20 heavy (non-hydrogen) atoms. The van der Waals surface area contributed by atoms with Gasteiger partial charge in [-0.3, -0.25) is 4.79 Å². The lowest BCUT2D eigenvalue weighted by atomic mass is 9.79. The number of nitrogens with zero attached hydrogens (tertiary/aromatic N) is 1. The summed E-state index contributed by atoms with van der Waals surface area (Å²) in [5, 5.41) is 3.84. The summed E-state index contributed by atoms with van der Waals surface area (Å²) in [5.74, 6) is 0.357. The third-order valence-corrected chi connectivity index (χ3v) is 4.69. The largest absolute Gasteiger partial charge is 0.338 e. The van der Waals surface area contributed by atoms with E-state index in [-0.39, 0.29) is 11.9 Å². The quantitative estimate of drug-likeness (QED) is 0.925. The first-order valence-electron chi connectivity index (χ1n) is 7.29. The lowest BCUT2D eigenvalue weighted by Gasteiger charge is -2.41. The van der Waals surface area contributed by atoms with Gasteiger partial charge in [-0.1, -0.05) is 31.5 Å². The van der Waals surface area contributed by atoms with Crippen molar-refractivity contribution in [1.29, 1.82) is 0 Å². The molecule has 4 heteroatoms. The number of hydrogen-bond donors (Lipinski definition) is 1. The second-order valence-corrected chi connectivity index (χ2v) is 5.81. The molecule has 0 saturated heterocycles. The van der Waals surface area contributed by atoms with E-state index in [1.165, 1.54) is 5.56 Å². The van der Waals surface area contributed by atoms with Crippen LogP contribution in [0.4, 0.5) is 0 Å². The molecule has 1 aliphatic heterocycles. The van der Waals surface area contributed by atoms with Gasteiger partial charge < -0.3 is 10.2 Å². The maximum absolute atomic E-state index is 12.6. The van der Waals surface area contributed by atoms with Crippen LogP contribution in [0.25, 0.3) is 0 Å². The molecule has 2 rings (SSSR count). The van der Waals surface area contributed by atoms with E-state index in [0.717, 1.165) is 24.9 Å². The van der Waals surface area contributed by atoms with E-state index in [0.29, 0.717) is 16.5 Å². The Hall–Kier alpha value is -1.06. The molecule has 1 aromatic carbocycles. The Morgan fingerprint density at radius 2 is 2.05 bits per heavy atom. The van der Waals surface area contributed by atoms with Gasteiger partial charge in [-0.2, -0.15) is 0 Å². The van der Waals surface area contributed by atoms with Gasteiger partial charge in [0, 0.05) is 25.6 Å². The van der Waals surface area contributed by atoms with Gasteiger partial charge in [-0.15, -0.1) is 0 Å². The van der Waals surface area contributed by atoms with Crippen LogP contribution in [-0.4, -0.2) is 37.5 Å². The number of likely N-dealkylation sites (N-methyl/N-ethyl adjacent to an activating group) is 2. The van der Waals surface area contributed by atoms with Crippen LogP contribution >= 0.6 is 11.6 Å². The SMILES string of the molecule is CCc1ccc(Cl)c2c1C(CNC)C(CC)N(C)C2=O. The minimum absolute atomic E-state index is 0.0551. The Kier molecular flexibility index (Phi) is 4.71. The second-order valence-electron chi connectivity index (χ2n) is 5.40. The van der Waals surface area contributed by atoms with Crippen LogP contribution in [-0.2, 0) is 6.42 Å². The molecule has 0 spiro atoms. The highest BCUT2D eigenvalue weighted by Gasteiger charge is 2.38. The highest BCUT2D eigenvalue weighted by molar-refractivity contribution is 6.34. The van der Waals surface area contributed by atoms with Crippen molar-refractivity contribution in [2.24, 2.45) is 0 Å². The Morgan fingerprint density at radius 1 is 1.35 bits per heavy atom. The van der Waals surface area contributed by atoms with E-state index in [1.54, 1.807) is 0 Å². The van der Waals surface area contributed by atoms with Gasteiger partial charge >= 0.3 is 0 Å². The molecule has 1 aromatic rings. The van der Waals surface area contributed by atoms with Crippen molar-refractivity contribution in [3.63, 3.8) is 0 Å². The Labute approximate surface area is 126 Å². The average molecular weight is 295 g/mol. The van der Waals surface area contributed by atoms with Gasteiger partial charge in [-0.25, -0.2) is 0 Å². The molecular formula is C16H23ClN2O. The summed E-state index contributed by atoms with van der Waals surface area (Å²) in [6, 6.07) is 4.15. The topological polar surface area (TPSA) is 32.3 Å². The third-order valence-electron chi connectivity index (χ3n) is 4.38. The highest BCUT2D eigenvalue weighted by atomic mass is 35.5. The van der Waals surface area contributed by atoms with Crippen molar-refractivity contribution in [2.45, 2.75) is 38.6 Å². The van der Waals surface area contributed by atoms with Crippen molar-refractivity contribution in [1.82, 2.24) is 10.2 Å². The number of benzene rings is 1. The molecule has 1 amide bonds. The highest BCUT2D eigenvalue weighted by Crippen LogP contribution is 2.39. The third kappa shape index (κ3) is 2.33. The summed E-state index contributed by atoms with van der Waals surface area (Å²) in [6.07, 6.45) is 1.87. The first-order chi connectivity index (χ1) is 9.56. The second kappa shape index (κ2) is 6.15. The summed E-state index contributed by atoms with van der Waals surface area (Å²) in [6.45, 7) is 5.12. The van der Waals surface area contributed by atoms with Crippen LogP contribution in [0.3, 0.4) is 0 Å². The van der Waals surface area contributed by atoms with Gasteiger partial charge in [0.2, 0.25) is 0 Å². The predicted octanol–water partition coefficient (Wildman–Crippen LogP) is 3.07. The summed E-state index contributed by atoms with van der Waals surface area (Å²) >= 11 is 6.32. The average Bonchev–Trinajstić information content (AvgIpc) is 2.44. The van der Waals surface area contributed by atoms with E-state index in [2.05, 4.69) is 25.2 Å². The number of nitrogens with one attached hydrogen (secondary N) is 1. The smallest absolute Gasteiger partial charge is 0.255 e. The summed E-state index contributed by atoms with van der Waals surface area (Å²) < 4.78 is 0. The van der Waals surface area contributed by atoms with Crippen LogP contribution in [0.5, 0.6) is 0 Å². The standard InChI is InChI=1S/C16H23ClN2O/c1-5-10-7-8-12(17)15-14(10)11(9-18-3)13(6-2)19(4)16(15)20/h7-8,11,13,18H,5-6,9H2,1-4H3. The molecule has 2 unspecified atom stereocenters. The molecule has 110 valence electrons. The number of carbonyl (C=O) groups excluding carboxylic acids is 1. The minimum Gasteiger partial charge on any atom is -0.338 e. The number of rotatable bonds is 4. The first-order valence-corrected chi connectivity index (χ1v) is 7.67. The van der Waals surface area contributed by atoms with Crippen LogP contribution in [0.15, 0.2) is 12.1 Å². The van der Waals surface area contributed by atoms with Crippen LogP contribution < -0.4 is 5.32 Å². The van der Waals surface area contributed by atoms with Gasteiger partial charge in [0.15, 0.2) is 0 Å². The van der Waals surface area contributed by atoms with Crippen molar-refractivity contribution in [3.05, 3.63) is 33.8 Å². The van der Waals surface area contributed by atoms with Crippen molar-refractivity contribution >= 4 is 17.5 Å². The normalized spacial score (nSPS) is 22.1. The fourth-order valence-electron chi connectivity index (χ4n) is 3.39. The van der Waals surface area contributed by atoms with E-state index in [9.17, 15) is 4.79 Å². The number of halogens is 1. The lowest BCUT2D eigenvalue weighted by Crippen LogP contribution is -2.48. The molecule has 0 radical (unpaired) electrons. The van der Waals surface area contributed by atoms with Crippen molar-refractivity contribution in [2.75, 3.05) is 20.6 Å². The number of carbonyl (C=O) groups is 1. The zero-order chi connectivity index (χ0) is 14.9. The monoisotopic (exact) mass is 294 g/mol. The minimum atomic E-state index is 0.0551. The van der Waals surface area contributed by atoms with E-state index in [1.807, 2.05) is 25.1 Å². The van der Waals surface area contributed by atoms with Crippen molar-refractivity contribution < 1.29 is 4.79 Å². The van der Waals surface area contributed by atoms with Crippen LogP contribution in [0.1, 0.15) is 47.7 Å². The van der Waals surface area contributed by atoms with E-state index in [4.69, 9.17) is 11.6 Å². The maximum atomic E-state index is 12.6. The summed E-state index contributed by atoms with van der Waals surface area (Å²) in [5.41, 5.74) is 3.10. The summed E-state index contributed by atoms with van der Waals surface area (Å²) in [7, 11) is 3.84. The van der Waals surface area contributed by atoms with Crippen molar-refractivity contribution in [3.8, 4) is 0 Å². The van der Waals surface area contributed by atoms with Gasteiger partial charge in [0.1, 0.15) is 0 Å². The predicted molar refractivity (Wildman–Crippen MR) is 83.7 cm³/mol. The molecule has 0 saturated carbocycles. The molecule has 0 fully saturated rings. The molecular weight excluding hydrogens is 272 g/mol. The molecule has 2 atom stereocenters. The van der Waals surface area contributed by atoms with E-state index >= 15 is 0 Å². The van der Waals surface area contributed by atoms with Gasteiger partial charge in [0.25, 0.3) is 5.91 Å². The van der Waals surface area contributed by atoms with Gasteiger partial charge in [-0.05, 0) is 37.1 Å². The Bertz CT molecular complexity index is 515. The molecule has 3 nitrogen and oxygen atoms in total. The lowest BCUT2D eigenvalue weighted by molar-refractivity contribution is 0.0668. The Balaban J connectivity index is 2.67. The van der Waals surface area contributed by atoms with Gasteiger partial charge in [0.05, 0.1) is 10.6 Å². The molecule has 0 aliphatic carbocycles. The molecule has 1 aliphatic rings. The Morgan fingerprint density at radius 3 is 2.60 bits per heavy atom. The molecule has 1 heterocycles. The summed E-state index contributed by atoms with van der Waals surface area (Å²) in [4.78, 5) is 14.5. The first kappa shape index (κ1) is 15.3. The number of fused-ring (bicyclic) bond motifs is 1.